The molecular formula is C10H12N2O2S. The van der Waals surface area contributed by atoms with Gasteiger partial charge in [-0.2, -0.15) is 16.9 Å². The maximum Gasteiger partial charge on any atom is 0.354 e. The van der Waals surface area contributed by atoms with E-state index in [2.05, 4.69) is 5.10 Å². The van der Waals surface area contributed by atoms with Crippen LogP contribution < -0.4 is 0 Å². The van der Waals surface area contributed by atoms with Gasteiger partial charge in [0.2, 0.25) is 0 Å². The molecule has 0 saturated heterocycles. The van der Waals surface area contributed by atoms with Crippen LogP contribution in [0.15, 0.2) is 0 Å². The van der Waals surface area contributed by atoms with Crippen molar-refractivity contribution in [3.05, 3.63) is 17.0 Å². The minimum Gasteiger partial charge on any atom is -0.477 e. The highest BCUT2D eigenvalue weighted by Crippen LogP contribution is 2.38. The number of hydrogen-bond donors (Lipinski definition) is 1. The number of hydrogen-bond acceptors (Lipinski definition) is 3. The average molecular weight is 224 g/mol. The SMILES string of the molecule is O=C(O)c1c2c(nn1C1CC1)CCSC2. The molecule has 1 N–H and O–H groups in total. The van der Waals surface area contributed by atoms with E-state index in [1.54, 1.807) is 16.4 Å². The van der Waals surface area contributed by atoms with E-state index < -0.39 is 5.97 Å². The molecule has 1 aliphatic heterocycles. The summed E-state index contributed by atoms with van der Waals surface area (Å²) >= 11 is 1.80. The Labute approximate surface area is 91.7 Å². The van der Waals surface area contributed by atoms with Crippen LogP contribution >= 0.6 is 11.8 Å². The number of aryl methyl sites for hydroxylation is 1. The molecule has 15 heavy (non-hydrogen) atoms. The van der Waals surface area contributed by atoms with E-state index in [0.29, 0.717) is 11.7 Å². The van der Waals surface area contributed by atoms with Crippen LogP contribution in [0.5, 0.6) is 0 Å². The highest BCUT2D eigenvalue weighted by atomic mass is 32.2. The number of carboxylic acids is 1. The first-order valence-corrected chi connectivity index (χ1v) is 6.34. The Hall–Kier alpha value is -0.970. The lowest BCUT2D eigenvalue weighted by Gasteiger charge is -2.08. The number of carboxylic acid groups (broad SMARTS) is 1. The number of nitrogens with zero attached hydrogens (tertiary/aromatic N) is 2. The number of carbonyl (C=O) groups is 1. The predicted molar refractivity (Wildman–Crippen MR) is 57.3 cm³/mol. The highest BCUT2D eigenvalue weighted by Gasteiger charge is 2.33. The van der Waals surface area contributed by atoms with Gasteiger partial charge in [0.15, 0.2) is 5.69 Å². The quantitative estimate of drug-likeness (QED) is 0.830. The standard InChI is InChI=1S/C10H12N2O2S/c13-10(14)9-7-5-15-4-3-8(7)11-12(9)6-1-2-6/h6H,1-5H2,(H,13,14). The van der Waals surface area contributed by atoms with Gasteiger partial charge >= 0.3 is 5.97 Å². The predicted octanol–water partition coefficient (Wildman–Crippen LogP) is 1.71. The van der Waals surface area contributed by atoms with E-state index in [9.17, 15) is 9.90 Å². The van der Waals surface area contributed by atoms with Crippen molar-refractivity contribution in [2.45, 2.75) is 31.1 Å². The Morgan fingerprint density at radius 1 is 1.53 bits per heavy atom. The number of fused-ring (bicyclic) bond motifs is 1. The first-order valence-electron chi connectivity index (χ1n) is 5.18. The molecular weight excluding hydrogens is 212 g/mol. The molecule has 1 aromatic rings. The number of rotatable bonds is 2. The van der Waals surface area contributed by atoms with E-state index in [0.717, 1.165) is 42.0 Å². The van der Waals surface area contributed by atoms with E-state index >= 15 is 0 Å². The molecule has 1 fully saturated rings. The summed E-state index contributed by atoms with van der Waals surface area (Å²) in [5.41, 5.74) is 2.42. The summed E-state index contributed by atoms with van der Waals surface area (Å²) in [5, 5.41) is 13.7. The van der Waals surface area contributed by atoms with E-state index in [4.69, 9.17) is 0 Å². The molecule has 0 radical (unpaired) electrons. The van der Waals surface area contributed by atoms with Crippen molar-refractivity contribution in [3.8, 4) is 0 Å². The topological polar surface area (TPSA) is 55.1 Å². The van der Waals surface area contributed by atoms with Gasteiger partial charge < -0.3 is 5.11 Å². The lowest BCUT2D eigenvalue weighted by molar-refractivity contribution is 0.0682. The van der Waals surface area contributed by atoms with Crippen molar-refractivity contribution < 1.29 is 9.90 Å². The summed E-state index contributed by atoms with van der Waals surface area (Å²) in [4.78, 5) is 11.2. The molecule has 0 unspecified atom stereocenters. The van der Waals surface area contributed by atoms with E-state index in [1.807, 2.05) is 0 Å². The monoisotopic (exact) mass is 224 g/mol. The molecule has 0 bridgehead atoms. The second kappa shape index (κ2) is 3.27. The largest absolute Gasteiger partial charge is 0.477 e. The van der Waals surface area contributed by atoms with Gasteiger partial charge in [-0.1, -0.05) is 0 Å². The van der Waals surface area contributed by atoms with Crippen LogP contribution in [0.3, 0.4) is 0 Å². The fraction of sp³-hybridized carbons (Fsp3) is 0.600. The molecule has 0 atom stereocenters. The Balaban J connectivity index is 2.13. The summed E-state index contributed by atoms with van der Waals surface area (Å²) in [6.07, 6.45) is 3.07. The van der Waals surface area contributed by atoms with Crippen molar-refractivity contribution in [2.24, 2.45) is 0 Å². The molecule has 1 aliphatic carbocycles. The number of aromatic carboxylic acids is 1. The summed E-state index contributed by atoms with van der Waals surface area (Å²) in [7, 11) is 0. The molecule has 80 valence electrons. The lowest BCUT2D eigenvalue weighted by Crippen LogP contribution is -2.10. The first-order chi connectivity index (χ1) is 7.27. The zero-order valence-corrected chi connectivity index (χ0v) is 9.09. The van der Waals surface area contributed by atoms with Gasteiger partial charge in [-0.3, -0.25) is 4.68 Å². The van der Waals surface area contributed by atoms with Crippen LogP contribution in [0.4, 0.5) is 0 Å². The van der Waals surface area contributed by atoms with Crippen LogP contribution in [0, 0.1) is 0 Å². The zero-order chi connectivity index (χ0) is 10.4. The average Bonchev–Trinajstić information content (AvgIpc) is 2.98. The summed E-state index contributed by atoms with van der Waals surface area (Å²) in [6.45, 7) is 0. The Kier molecular flexibility index (Phi) is 2.02. The normalized spacial score (nSPS) is 20.0. The second-order valence-corrected chi connectivity index (χ2v) is 5.16. The van der Waals surface area contributed by atoms with Gasteiger partial charge in [-0.05, 0) is 18.6 Å². The summed E-state index contributed by atoms with van der Waals surface area (Å²) in [6, 6.07) is 0.353. The number of thioether (sulfide) groups is 1. The smallest absolute Gasteiger partial charge is 0.354 e. The third-order valence-electron chi connectivity index (χ3n) is 2.92. The third-order valence-corrected chi connectivity index (χ3v) is 3.90. The molecule has 0 amide bonds. The lowest BCUT2D eigenvalue weighted by atomic mass is 10.1. The van der Waals surface area contributed by atoms with Gasteiger partial charge in [0, 0.05) is 17.7 Å². The van der Waals surface area contributed by atoms with Crippen molar-refractivity contribution in [1.29, 1.82) is 0 Å². The Morgan fingerprint density at radius 3 is 3.00 bits per heavy atom. The molecule has 2 aliphatic rings. The molecule has 1 saturated carbocycles. The van der Waals surface area contributed by atoms with Crippen LogP contribution in [0.25, 0.3) is 0 Å². The van der Waals surface area contributed by atoms with Crippen LogP contribution in [-0.2, 0) is 12.2 Å². The summed E-state index contributed by atoms with van der Waals surface area (Å²) in [5.74, 6) is 1.05. The molecule has 4 nitrogen and oxygen atoms in total. The van der Waals surface area contributed by atoms with E-state index in [-0.39, 0.29) is 0 Å². The molecule has 5 heteroatoms. The van der Waals surface area contributed by atoms with E-state index in [1.165, 1.54) is 0 Å². The zero-order valence-electron chi connectivity index (χ0n) is 8.27. The van der Waals surface area contributed by atoms with Crippen molar-refractivity contribution in [3.63, 3.8) is 0 Å². The van der Waals surface area contributed by atoms with Gasteiger partial charge in [-0.25, -0.2) is 4.79 Å². The minimum absolute atomic E-state index is 0.353. The molecule has 2 heterocycles. The van der Waals surface area contributed by atoms with Crippen molar-refractivity contribution in [2.75, 3.05) is 5.75 Å². The Bertz CT molecular complexity index is 423. The fourth-order valence-electron chi connectivity index (χ4n) is 2.02. The maximum atomic E-state index is 11.2. The maximum absolute atomic E-state index is 11.2. The summed E-state index contributed by atoms with van der Waals surface area (Å²) < 4.78 is 1.75. The minimum atomic E-state index is -0.821. The van der Waals surface area contributed by atoms with Crippen molar-refractivity contribution in [1.82, 2.24) is 9.78 Å². The van der Waals surface area contributed by atoms with Gasteiger partial charge in [0.05, 0.1) is 11.7 Å². The molecule has 3 rings (SSSR count). The van der Waals surface area contributed by atoms with Gasteiger partial charge in [0.25, 0.3) is 0 Å². The van der Waals surface area contributed by atoms with Crippen LogP contribution in [0.1, 0.15) is 40.6 Å². The van der Waals surface area contributed by atoms with Gasteiger partial charge in [0.1, 0.15) is 0 Å². The van der Waals surface area contributed by atoms with Crippen LogP contribution in [0.2, 0.25) is 0 Å². The first kappa shape index (κ1) is 9.27. The molecule has 0 spiro atoms. The molecule has 0 aromatic carbocycles. The highest BCUT2D eigenvalue weighted by molar-refractivity contribution is 7.98. The second-order valence-electron chi connectivity index (χ2n) is 4.06. The fourth-order valence-corrected chi connectivity index (χ4v) is 3.01. The van der Waals surface area contributed by atoms with Gasteiger partial charge in [-0.15, -0.1) is 0 Å². The van der Waals surface area contributed by atoms with Crippen molar-refractivity contribution >= 4 is 17.7 Å². The van der Waals surface area contributed by atoms with Crippen LogP contribution in [-0.4, -0.2) is 26.6 Å². The third kappa shape index (κ3) is 1.45. The Morgan fingerprint density at radius 2 is 2.33 bits per heavy atom. The molecule has 1 aromatic heterocycles. The number of aromatic nitrogens is 2.